The van der Waals surface area contributed by atoms with Crippen LogP contribution in [-0.4, -0.2) is 93.8 Å². The fourth-order valence-electron chi connectivity index (χ4n) is 9.81. The molecule has 98 heavy (non-hydrogen) atoms. The van der Waals surface area contributed by atoms with Crippen LogP contribution in [0.3, 0.4) is 0 Å². The Morgan fingerprint density at radius 2 is 0.786 bits per heavy atom. The molecule has 0 atom stereocenters. The maximum atomic E-state index is 12.7. The summed E-state index contributed by atoms with van der Waals surface area (Å²) < 4.78 is 6.97. The number of amides is 1. The van der Waals surface area contributed by atoms with Crippen LogP contribution in [0.15, 0.2) is 170 Å². The third-order valence-electron chi connectivity index (χ3n) is 14.1. The van der Waals surface area contributed by atoms with E-state index in [0.29, 0.717) is 54.8 Å². The molecular formula is C69H53Cl3CuLiN16O8. The third kappa shape index (κ3) is 17.8. The monoisotopic (exact) mass is 1410 g/mol. The zero-order chi connectivity index (χ0) is 68.9. The quantitative estimate of drug-likeness (QED) is 0.100. The first-order valence-corrected chi connectivity index (χ1v) is 29.5. The van der Waals surface area contributed by atoms with E-state index < -0.39 is 5.97 Å². The summed E-state index contributed by atoms with van der Waals surface area (Å²) in [5.74, 6) is -1.52. The van der Waals surface area contributed by atoms with E-state index in [1.807, 2.05) is 166 Å². The van der Waals surface area contributed by atoms with E-state index in [2.05, 4.69) is 58.6 Å². The molecule has 0 aliphatic rings. The molecule has 13 rings (SSSR count). The number of aromatic carboxylic acids is 1. The van der Waals surface area contributed by atoms with Crippen molar-refractivity contribution >= 4 is 109 Å². The number of nitrogens with zero attached hydrogens (tertiary/aromatic N) is 15. The largest absolute Gasteiger partial charge is 1.00 e. The minimum Gasteiger partial charge on any atom is -0.870 e. The van der Waals surface area contributed by atoms with Gasteiger partial charge in [0.2, 0.25) is 0 Å². The second-order valence-electron chi connectivity index (χ2n) is 19.8. The number of carboxylic acids is 1. The van der Waals surface area contributed by atoms with E-state index in [4.69, 9.17) is 70.9 Å². The SMILES string of the molecule is CCc1cnc2c(c(C)nn2-c2ccccc2)c1C#N.CCc1cnc2c(c(C)nn2-c2ccccc2)c1Cl.Cc1nn(-c2ccccc2)c2ncc(C(=O)Nc3ccc(Cl)cc3)c(Cl)c12.Cc1nn(-c2ccccc2)c2ncc(C(=O)O)c(C#N)c12.O=C=O.O=C=O.[C-]#N.[Cu+].[Li+].[OH-]. The van der Waals surface area contributed by atoms with Crippen molar-refractivity contribution in [2.75, 3.05) is 5.32 Å². The summed E-state index contributed by atoms with van der Waals surface area (Å²) in [6.07, 6.45) is 8.45. The molecule has 5 aromatic carbocycles. The first kappa shape index (κ1) is 79.1. The van der Waals surface area contributed by atoms with Crippen LogP contribution in [0.1, 0.15) is 79.6 Å². The first-order chi connectivity index (χ1) is 46.0. The molecule has 29 heteroatoms. The number of benzene rings is 5. The predicted octanol–water partition coefficient (Wildman–Crippen LogP) is 10.4. The van der Waals surface area contributed by atoms with Crippen molar-refractivity contribution in [3.05, 3.63) is 248 Å². The predicted molar refractivity (Wildman–Crippen MR) is 356 cm³/mol. The van der Waals surface area contributed by atoms with Gasteiger partial charge in [-0.05, 0) is 124 Å². The van der Waals surface area contributed by atoms with Gasteiger partial charge in [0.25, 0.3) is 5.91 Å². The first-order valence-electron chi connectivity index (χ1n) is 28.3. The van der Waals surface area contributed by atoms with Crippen LogP contribution < -0.4 is 24.2 Å². The summed E-state index contributed by atoms with van der Waals surface area (Å²) in [6, 6.07) is 49.9. The van der Waals surface area contributed by atoms with E-state index >= 15 is 0 Å². The average Bonchev–Trinajstić information content (AvgIpc) is 1.62. The molecule has 0 radical (unpaired) electrons. The van der Waals surface area contributed by atoms with Crippen LogP contribution >= 0.6 is 34.8 Å². The van der Waals surface area contributed by atoms with Gasteiger partial charge in [-0.3, -0.25) is 4.79 Å². The topological polar surface area (TPSA) is 359 Å². The number of carboxylic acid groups (broad SMARTS) is 1. The van der Waals surface area contributed by atoms with Gasteiger partial charge in [0.15, 0.2) is 22.6 Å². The van der Waals surface area contributed by atoms with Gasteiger partial charge < -0.3 is 27.7 Å². The molecule has 0 aliphatic heterocycles. The minimum absolute atomic E-state index is 0. The Labute approximate surface area is 597 Å². The molecule has 1 amide bonds. The van der Waals surface area contributed by atoms with E-state index in [1.165, 1.54) is 12.4 Å². The summed E-state index contributed by atoms with van der Waals surface area (Å²) in [5.41, 5.74) is 12.9. The molecule has 490 valence electrons. The maximum absolute atomic E-state index is 12.7. The number of hydrogen-bond acceptors (Lipinski definition) is 18. The fraction of sp³-hybridized carbons (Fsp3) is 0.116. The smallest absolute Gasteiger partial charge is 0.870 e. The second kappa shape index (κ2) is 37.7. The van der Waals surface area contributed by atoms with E-state index in [-0.39, 0.29) is 76.3 Å². The molecule has 0 spiro atoms. The zero-order valence-corrected chi connectivity index (χ0v) is 56.3. The van der Waals surface area contributed by atoms with Crippen LogP contribution in [0.25, 0.3) is 66.9 Å². The standard InChI is InChI=1S/C20H14Cl2N4O.C16H14N4.C15H14ClN3.C15H10N4O2.CN.2CO2.Cu.Li.H2O/c1-12-17-18(22)16(20(27)24-14-9-7-13(21)8-10-14)11-23-19(17)26(25-12)15-5-3-2-4-6-15;1-3-12-10-18-16-15(14(12)9-17)11(2)19-20(16)13-7-5-4-6-8-13;1-3-11-9-17-15-13(14(11)16)10(2)18-19(15)12-7-5-4-6-8-12;1-9-13-11(7-16)12(15(20)21)8-17-14(13)19(18-9)10-5-3-2-4-6-10;1-2;2*2-1-3;;;/h2-11H,1H3,(H,24,27);4-8,10H,3H2,1-2H3;4-9H,3H2,1-2H3;2-6,8H,1H3,(H,20,21);;;;;;1H2/q;;;;-1;;;2*+1;/p-1. The third-order valence-corrected chi connectivity index (χ3v) is 15.2. The number of halogens is 3. The van der Waals surface area contributed by atoms with Gasteiger partial charge in [-0.1, -0.05) is 121 Å². The molecular weight excluding hydrogens is 1360 g/mol. The van der Waals surface area contributed by atoms with Gasteiger partial charge >= 0.3 is 54.2 Å². The molecule has 8 aromatic heterocycles. The van der Waals surface area contributed by atoms with Crippen LogP contribution in [0.5, 0.6) is 0 Å². The van der Waals surface area contributed by atoms with E-state index in [1.54, 1.807) is 51.4 Å². The Balaban J connectivity index is 0.000000267. The van der Waals surface area contributed by atoms with Crippen molar-refractivity contribution < 1.29 is 75.3 Å². The number of aryl methyl sites for hydroxylation is 6. The zero-order valence-electron chi connectivity index (χ0n) is 53.1. The number of pyridine rings is 4. The number of fused-ring (bicyclic) bond motifs is 4. The number of aromatic nitrogens is 12. The number of nitrogens with one attached hydrogen (secondary N) is 1. The van der Waals surface area contributed by atoms with Crippen LogP contribution in [-0.2, 0) is 49.1 Å². The van der Waals surface area contributed by atoms with Crippen molar-refractivity contribution in [1.29, 1.82) is 15.8 Å². The van der Waals surface area contributed by atoms with Gasteiger partial charge in [0.05, 0.1) is 99.4 Å². The number of para-hydroxylation sites is 4. The van der Waals surface area contributed by atoms with Gasteiger partial charge in [-0.2, -0.15) is 50.1 Å². The Bertz CT molecular complexity index is 5080. The summed E-state index contributed by atoms with van der Waals surface area (Å²) >= 11 is 18.9. The van der Waals surface area contributed by atoms with Gasteiger partial charge in [-0.15, -0.1) is 0 Å². The van der Waals surface area contributed by atoms with E-state index in [0.717, 1.165) is 85.2 Å². The van der Waals surface area contributed by atoms with Crippen molar-refractivity contribution in [2.24, 2.45) is 0 Å². The molecule has 8 heterocycles. The average molecular weight is 1410 g/mol. The molecule has 0 saturated carbocycles. The molecule has 24 nitrogen and oxygen atoms in total. The van der Waals surface area contributed by atoms with E-state index in [9.17, 15) is 20.1 Å². The van der Waals surface area contributed by atoms with Gasteiger partial charge in [0.1, 0.15) is 12.1 Å². The molecule has 0 unspecified atom stereocenters. The Hall–Kier alpha value is -11.3. The Morgan fingerprint density at radius 1 is 0.480 bits per heavy atom. The van der Waals surface area contributed by atoms with Crippen molar-refractivity contribution in [3.8, 4) is 34.9 Å². The number of carbonyl (C=O) groups is 2. The summed E-state index contributed by atoms with van der Waals surface area (Å²) in [7, 11) is 0. The van der Waals surface area contributed by atoms with Crippen molar-refractivity contribution in [3.63, 3.8) is 0 Å². The number of anilines is 1. The Morgan fingerprint density at radius 3 is 1.13 bits per heavy atom. The van der Waals surface area contributed by atoms with Gasteiger partial charge in [0, 0.05) is 35.5 Å². The van der Waals surface area contributed by atoms with Crippen molar-refractivity contribution in [1.82, 2.24) is 59.1 Å². The normalized spacial score (nSPS) is 9.77. The number of nitriles is 2. The molecule has 0 saturated heterocycles. The maximum Gasteiger partial charge on any atom is 1.00 e. The van der Waals surface area contributed by atoms with Crippen LogP contribution in [0.4, 0.5) is 5.69 Å². The number of carbonyl (C=O) groups excluding carboxylic acids is 5. The summed E-state index contributed by atoms with van der Waals surface area (Å²) in [6.45, 7) is 16.3. The fourth-order valence-corrected chi connectivity index (χ4v) is 10.7. The second-order valence-corrected chi connectivity index (χ2v) is 21.0. The molecule has 0 fully saturated rings. The Kier molecular flexibility index (Phi) is 30.4. The van der Waals surface area contributed by atoms with Crippen LogP contribution in [0, 0.1) is 62.2 Å². The number of hydrogen-bond donors (Lipinski definition) is 2. The van der Waals surface area contributed by atoms with Crippen molar-refractivity contribution in [2.45, 2.75) is 54.4 Å². The molecule has 0 aliphatic carbocycles. The van der Waals surface area contributed by atoms with Gasteiger partial charge in [-0.25, -0.2) is 43.5 Å². The molecule has 3 N–H and O–H groups in total. The summed E-state index contributed by atoms with van der Waals surface area (Å²) in [5, 5.41) is 59.6. The summed E-state index contributed by atoms with van der Waals surface area (Å²) in [4.78, 5) is 74.0. The molecule has 13 aromatic rings. The number of rotatable bonds is 9. The minimum atomic E-state index is -1.17. The van der Waals surface area contributed by atoms with Crippen LogP contribution in [0.2, 0.25) is 15.1 Å². The molecule has 0 bridgehead atoms.